The molecule has 1 aliphatic rings. The molecule has 0 aliphatic carbocycles. The van der Waals surface area contributed by atoms with Crippen LogP contribution in [0.4, 0.5) is 0 Å². The second-order valence-corrected chi connectivity index (χ2v) is 9.70. The summed E-state index contributed by atoms with van der Waals surface area (Å²) in [7, 11) is -3.79. The van der Waals surface area contributed by atoms with Crippen molar-refractivity contribution in [3.63, 3.8) is 0 Å². The van der Waals surface area contributed by atoms with Crippen LogP contribution in [0.5, 0.6) is 5.75 Å². The molecule has 0 spiro atoms. The summed E-state index contributed by atoms with van der Waals surface area (Å²) in [6, 6.07) is 12.4. The summed E-state index contributed by atoms with van der Waals surface area (Å²) in [5.41, 5.74) is 3.19. The smallest absolute Gasteiger partial charge is 0.339 e. The van der Waals surface area contributed by atoms with Crippen molar-refractivity contribution in [2.75, 3.05) is 11.5 Å². The van der Waals surface area contributed by atoms with Gasteiger partial charge in [-0.25, -0.2) is 0 Å². The van der Waals surface area contributed by atoms with Crippen LogP contribution in [0, 0.1) is 13.8 Å². The third-order valence-corrected chi connectivity index (χ3v) is 8.09. The van der Waals surface area contributed by atoms with Crippen molar-refractivity contribution in [2.45, 2.75) is 23.3 Å². The average Bonchev–Trinajstić information content (AvgIpc) is 3.04. The highest BCUT2D eigenvalue weighted by Crippen LogP contribution is 2.45. The maximum atomic E-state index is 12.4. The van der Waals surface area contributed by atoms with Crippen molar-refractivity contribution in [1.29, 1.82) is 0 Å². The highest BCUT2D eigenvalue weighted by Gasteiger charge is 2.20. The molecule has 0 atom stereocenters. The van der Waals surface area contributed by atoms with Crippen molar-refractivity contribution in [2.24, 2.45) is 0 Å². The monoisotopic (exact) mass is 366 g/mol. The normalized spacial score (nSPS) is 15.7. The largest absolute Gasteiger partial charge is 0.379 e. The first-order valence-corrected chi connectivity index (χ1v) is 10.8. The Kier molecular flexibility index (Phi) is 4.94. The predicted octanol–water partition coefficient (Wildman–Crippen LogP) is 4.55. The number of benzene rings is 2. The Labute approximate surface area is 146 Å². The van der Waals surface area contributed by atoms with Gasteiger partial charge >= 0.3 is 10.1 Å². The molecule has 2 aromatic carbocycles. The van der Waals surface area contributed by atoms with Crippen LogP contribution >= 0.6 is 23.5 Å². The fourth-order valence-corrected chi connectivity index (χ4v) is 6.15. The van der Waals surface area contributed by atoms with Gasteiger partial charge in [-0.3, -0.25) is 0 Å². The van der Waals surface area contributed by atoms with Gasteiger partial charge in [-0.2, -0.15) is 8.42 Å². The Morgan fingerprint density at radius 2 is 1.61 bits per heavy atom. The summed E-state index contributed by atoms with van der Waals surface area (Å²) < 4.78 is 30.5. The molecule has 1 aliphatic heterocycles. The molecule has 6 heteroatoms. The van der Waals surface area contributed by atoms with Crippen LogP contribution in [-0.2, 0) is 10.1 Å². The van der Waals surface area contributed by atoms with Gasteiger partial charge in [0.25, 0.3) is 0 Å². The number of rotatable bonds is 4. The van der Waals surface area contributed by atoms with E-state index in [-0.39, 0.29) is 4.90 Å². The lowest BCUT2D eigenvalue weighted by molar-refractivity contribution is 0.486. The zero-order valence-electron chi connectivity index (χ0n) is 13.0. The van der Waals surface area contributed by atoms with E-state index in [1.165, 1.54) is 5.56 Å². The van der Waals surface area contributed by atoms with E-state index < -0.39 is 10.1 Å². The zero-order valence-corrected chi connectivity index (χ0v) is 15.4. The molecule has 3 rings (SSSR count). The van der Waals surface area contributed by atoms with Gasteiger partial charge in [-0.1, -0.05) is 18.2 Å². The minimum atomic E-state index is -3.79. The Morgan fingerprint density at radius 3 is 2.22 bits per heavy atom. The third-order valence-electron chi connectivity index (χ3n) is 3.75. The van der Waals surface area contributed by atoms with Crippen LogP contribution in [0.15, 0.2) is 47.4 Å². The van der Waals surface area contributed by atoms with Crippen molar-refractivity contribution in [3.05, 3.63) is 59.2 Å². The fourth-order valence-electron chi connectivity index (χ4n) is 2.28. The van der Waals surface area contributed by atoms with Crippen LogP contribution in [0.25, 0.3) is 0 Å². The molecule has 0 amide bonds. The molecule has 1 fully saturated rings. The number of hydrogen-bond donors (Lipinski definition) is 0. The first-order chi connectivity index (χ1) is 11.0. The summed E-state index contributed by atoms with van der Waals surface area (Å²) in [4.78, 5) is 0.187. The predicted molar refractivity (Wildman–Crippen MR) is 97.8 cm³/mol. The van der Waals surface area contributed by atoms with Gasteiger partial charge in [-0.15, -0.1) is 23.5 Å². The van der Waals surface area contributed by atoms with Crippen molar-refractivity contribution < 1.29 is 12.6 Å². The van der Waals surface area contributed by atoms with Crippen LogP contribution in [-0.4, -0.2) is 19.9 Å². The van der Waals surface area contributed by atoms with Crippen molar-refractivity contribution in [1.82, 2.24) is 0 Å². The number of thioether (sulfide) groups is 2. The van der Waals surface area contributed by atoms with E-state index in [1.54, 1.807) is 30.3 Å². The maximum Gasteiger partial charge on any atom is 0.339 e. The first-order valence-electron chi connectivity index (χ1n) is 7.31. The molecule has 0 unspecified atom stereocenters. The standard InChI is InChI=1S/C17H18O3S3/c1-12-3-8-16(11-13(12)2)23(18,19)20-15-6-4-14(5-7-15)17-21-9-10-22-17/h3-8,11,17H,9-10H2,1-2H3. The summed E-state index contributed by atoms with van der Waals surface area (Å²) in [6.07, 6.45) is 0. The topological polar surface area (TPSA) is 43.4 Å². The lowest BCUT2D eigenvalue weighted by Gasteiger charge is -2.11. The second-order valence-electron chi connectivity index (χ2n) is 5.43. The van der Waals surface area contributed by atoms with Gasteiger partial charge < -0.3 is 4.18 Å². The summed E-state index contributed by atoms with van der Waals surface area (Å²) in [6.45, 7) is 3.84. The van der Waals surface area contributed by atoms with E-state index in [1.807, 2.05) is 49.5 Å². The molecule has 0 radical (unpaired) electrons. The molecule has 1 saturated heterocycles. The molecule has 2 aromatic rings. The van der Waals surface area contributed by atoms with Crippen molar-refractivity contribution in [3.8, 4) is 5.75 Å². The van der Waals surface area contributed by atoms with Gasteiger partial charge in [0.2, 0.25) is 0 Å². The third kappa shape index (κ3) is 3.87. The molecular weight excluding hydrogens is 348 g/mol. The number of aryl methyl sites for hydroxylation is 2. The van der Waals surface area contributed by atoms with Gasteiger partial charge in [0.15, 0.2) is 0 Å². The summed E-state index contributed by atoms with van der Waals surface area (Å²) in [5.74, 6) is 2.67. The van der Waals surface area contributed by atoms with E-state index in [0.717, 1.165) is 22.6 Å². The lowest BCUT2D eigenvalue weighted by Crippen LogP contribution is -2.10. The molecule has 0 N–H and O–H groups in total. The summed E-state index contributed by atoms with van der Waals surface area (Å²) in [5, 5.41) is 0. The lowest BCUT2D eigenvalue weighted by atomic mass is 10.1. The second kappa shape index (κ2) is 6.79. The zero-order chi connectivity index (χ0) is 16.4. The number of hydrogen-bond acceptors (Lipinski definition) is 5. The Balaban J connectivity index is 1.78. The van der Waals surface area contributed by atoms with Crippen LogP contribution in [0.1, 0.15) is 21.3 Å². The van der Waals surface area contributed by atoms with E-state index in [0.29, 0.717) is 10.3 Å². The Hall–Kier alpha value is -1.11. The van der Waals surface area contributed by atoms with E-state index >= 15 is 0 Å². The molecule has 3 nitrogen and oxygen atoms in total. The first kappa shape index (κ1) is 16.7. The van der Waals surface area contributed by atoms with Crippen molar-refractivity contribution >= 4 is 33.6 Å². The molecule has 122 valence electrons. The minimum absolute atomic E-state index is 0.187. The Bertz CT molecular complexity index is 792. The highest BCUT2D eigenvalue weighted by molar-refractivity contribution is 8.19. The van der Waals surface area contributed by atoms with Crippen LogP contribution < -0.4 is 4.18 Å². The van der Waals surface area contributed by atoms with Crippen LogP contribution in [0.3, 0.4) is 0 Å². The fraction of sp³-hybridized carbons (Fsp3) is 0.294. The maximum absolute atomic E-state index is 12.4. The molecule has 1 heterocycles. The SMILES string of the molecule is Cc1ccc(S(=O)(=O)Oc2ccc(C3SCCS3)cc2)cc1C. The van der Waals surface area contributed by atoms with Crippen LogP contribution in [0.2, 0.25) is 0 Å². The molecule has 0 saturated carbocycles. The Morgan fingerprint density at radius 1 is 0.957 bits per heavy atom. The van der Waals surface area contributed by atoms with Gasteiger partial charge in [-0.05, 0) is 54.8 Å². The van der Waals surface area contributed by atoms with E-state index in [4.69, 9.17) is 4.18 Å². The van der Waals surface area contributed by atoms with Gasteiger partial charge in [0, 0.05) is 11.5 Å². The summed E-state index contributed by atoms with van der Waals surface area (Å²) >= 11 is 3.84. The average molecular weight is 367 g/mol. The molecular formula is C17H18O3S3. The molecule has 0 aromatic heterocycles. The quantitative estimate of drug-likeness (QED) is 0.743. The highest BCUT2D eigenvalue weighted by atomic mass is 32.2. The minimum Gasteiger partial charge on any atom is -0.379 e. The van der Waals surface area contributed by atoms with E-state index in [2.05, 4.69) is 0 Å². The molecule has 0 bridgehead atoms. The molecule has 23 heavy (non-hydrogen) atoms. The van der Waals surface area contributed by atoms with Gasteiger partial charge in [0.1, 0.15) is 10.6 Å². The van der Waals surface area contributed by atoms with E-state index in [9.17, 15) is 8.42 Å². The van der Waals surface area contributed by atoms with Gasteiger partial charge in [0.05, 0.1) is 4.58 Å².